The summed E-state index contributed by atoms with van der Waals surface area (Å²) in [6.07, 6.45) is 10.00. The Hall–Kier alpha value is -0.200. The summed E-state index contributed by atoms with van der Waals surface area (Å²) in [5.41, 5.74) is 0. The van der Waals surface area contributed by atoms with E-state index in [0.717, 1.165) is 6.42 Å². The standard InChI is InChI=1S/C18H39NO4/c1-5-7-8-9-10-11-12-13-15-23-18(22-6-2)17-21-16-14-19(3,4)20/h18H,5-17H2,1-4H3. The lowest BCUT2D eigenvalue weighted by Gasteiger charge is -2.33. The summed E-state index contributed by atoms with van der Waals surface area (Å²) in [4.78, 5) is 0. The molecule has 0 saturated carbocycles. The van der Waals surface area contributed by atoms with Gasteiger partial charge >= 0.3 is 0 Å². The summed E-state index contributed by atoms with van der Waals surface area (Å²) in [6, 6.07) is 0. The molecule has 0 radical (unpaired) electrons. The van der Waals surface area contributed by atoms with Gasteiger partial charge in [0.2, 0.25) is 0 Å². The van der Waals surface area contributed by atoms with E-state index in [1.807, 2.05) is 6.92 Å². The fraction of sp³-hybridized carbons (Fsp3) is 1.00. The zero-order valence-corrected chi connectivity index (χ0v) is 15.8. The normalized spacial score (nSPS) is 13.4. The second-order valence-electron chi connectivity index (χ2n) is 6.60. The summed E-state index contributed by atoms with van der Waals surface area (Å²) in [5, 5.41) is 11.4. The SMILES string of the molecule is CCCCCCCCCCOC(COCC[N+](C)(C)[O-])OCC. The van der Waals surface area contributed by atoms with Gasteiger partial charge in [-0.1, -0.05) is 51.9 Å². The van der Waals surface area contributed by atoms with E-state index in [9.17, 15) is 5.21 Å². The molecule has 0 spiro atoms. The van der Waals surface area contributed by atoms with Crippen molar-refractivity contribution in [2.45, 2.75) is 71.5 Å². The fourth-order valence-corrected chi connectivity index (χ4v) is 2.24. The highest BCUT2D eigenvalue weighted by Gasteiger charge is 2.10. The third-order valence-electron chi connectivity index (χ3n) is 3.68. The number of hydrogen-bond acceptors (Lipinski definition) is 4. The lowest BCUT2D eigenvalue weighted by atomic mass is 10.1. The van der Waals surface area contributed by atoms with E-state index in [2.05, 4.69) is 6.92 Å². The average Bonchev–Trinajstić information content (AvgIpc) is 2.48. The van der Waals surface area contributed by atoms with E-state index in [1.165, 1.54) is 44.9 Å². The van der Waals surface area contributed by atoms with Crippen LogP contribution in [-0.4, -0.2) is 58.0 Å². The number of unbranched alkanes of at least 4 members (excludes halogenated alkanes) is 7. The van der Waals surface area contributed by atoms with Crippen molar-refractivity contribution in [2.75, 3.05) is 47.1 Å². The van der Waals surface area contributed by atoms with E-state index in [4.69, 9.17) is 14.2 Å². The molecule has 0 aromatic heterocycles. The predicted octanol–water partition coefficient (Wildman–Crippen LogP) is 4.10. The molecule has 23 heavy (non-hydrogen) atoms. The van der Waals surface area contributed by atoms with Gasteiger partial charge in [0.05, 0.1) is 27.3 Å². The molecule has 0 aromatic carbocycles. The molecule has 5 nitrogen and oxygen atoms in total. The largest absolute Gasteiger partial charge is 0.633 e. The van der Waals surface area contributed by atoms with Crippen molar-refractivity contribution >= 4 is 0 Å². The zero-order valence-electron chi connectivity index (χ0n) is 15.8. The van der Waals surface area contributed by atoms with Gasteiger partial charge in [-0.3, -0.25) is 0 Å². The van der Waals surface area contributed by atoms with E-state index in [0.29, 0.717) is 33.0 Å². The molecule has 140 valence electrons. The van der Waals surface area contributed by atoms with Gasteiger partial charge in [-0.2, -0.15) is 0 Å². The molecule has 0 heterocycles. The number of ether oxygens (including phenoxy) is 3. The van der Waals surface area contributed by atoms with E-state index < -0.39 is 0 Å². The number of quaternary nitrogens is 1. The van der Waals surface area contributed by atoms with E-state index in [-0.39, 0.29) is 10.9 Å². The van der Waals surface area contributed by atoms with Crippen molar-refractivity contribution < 1.29 is 18.9 Å². The molecule has 0 aliphatic heterocycles. The van der Waals surface area contributed by atoms with Gasteiger partial charge in [-0.05, 0) is 13.3 Å². The third kappa shape index (κ3) is 18.0. The van der Waals surface area contributed by atoms with Crippen molar-refractivity contribution in [3.05, 3.63) is 5.21 Å². The number of nitrogens with zero attached hydrogens (tertiary/aromatic N) is 1. The van der Waals surface area contributed by atoms with Gasteiger partial charge in [0.1, 0.15) is 6.54 Å². The third-order valence-corrected chi connectivity index (χ3v) is 3.68. The first-order valence-corrected chi connectivity index (χ1v) is 9.34. The molecule has 0 N–H and O–H groups in total. The minimum atomic E-state index is -0.335. The van der Waals surface area contributed by atoms with Crippen LogP contribution in [0.15, 0.2) is 0 Å². The van der Waals surface area contributed by atoms with Crippen LogP contribution in [0.2, 0.25) is 0 Å². The Kier molecular flexibility index (Phi) is 15.2. The Labute approximate surface area is 143 Å². The first kappa shape index (κ1) is 22.8. The maximum absolute atomic E-state index is 11.4. The Morgan fingerprint density at radius 1 is 0.826 bits per heavy atom. The molecule has 5 heteroatoms. The van der Waals surface area contributed by atoms with E-state index in [1.54, 1.807) is 14.1 Å². The van der Waals surface area contributed by atoms with Crippen LogP contribution in [0.3, 0.4) is 0 Å². The Morgan fingerprint density at radius 2 is 1.43 bits per heavy atom. The number of rotatable bonds is 17. The average molecular weight is 334 g/mol. The van der Waals surface area contributed by atoms with Crippen LogP contribution in [0.25, 0.3) is 0 Å². The second-order valence-corrected chi connectivity index (χ2v) is 6.60. The first-order valence-electron chi connectivity index (χ1n) is 9.34. The summed E-state index contributed by atoms with van der Waals surface area (Å²) < 4.78 is 16.4. The van der Waals surface area contributed by atoms with Crippen molar-refractivity contribution in [3.8, 4) is 0 Å². The smallest absolute Gasteiger partial charge is 0.180 e. The molecular formula is C18H39NO4. The van der Waals surface area contributed by atoms with Crippen LogP contribution in [0.5, 0.6) is 0 Å². The Morgan fingerprint density at radius 3 is 2.00 bits per heavy atom. The molecule has 0 amide bonds. The van der Waals surface area contributed by atoms with Gasteiger partial charge in [0.15, 0.2) is 6.29 Å². The van der Waals surface area contributed by atoms with Gasteiger partial charge < -0.3 is 24.1 Å². The topological polar surface area (TPSA) is 50.8 Å². The number of hydrogen-bond donors (Lipinski definition) is 0. The van der Waals surface area contributed by atoms with Gasteiger partial charge in [0.25, 0.3) is 0 Å². The summed E-state index contributed by atoms with van der Waals surface area (Å²) in [5.74, 6) is 0. The predicted molar refractivity (Wildman–Crippen MR) is 95.1 cm³/mol. The van der Waals surface area contributed by atoms with Crippen molar-refractivity contribution in [1.29, 1.82) is 0 Å². The summed E-state index contributed by atoms with van der Waals surface area (Å²) >= 11 is 0. The maximum atomic E-state index is 11.4. The van der Waals surface area contributed by atoms with Crippen LogP contribution < -0.4 is 0 Å². The summed E-state index contributed by atoms with van der Waals surface area (Å²) in [7, 11) is 3.23. The molecule has 0 aliphatic carbocycles. The molecule has 0 fully saturated rings. The van der Waals surface area contributed by atoms with Crippen molar-refractivity contribution in [1.82, 2.24) is 0 Å². The molecule has 0 bridgehead atoms. The minimum Gasteiger partial charge on any atom is -0.633 e. The molecule has 0 aliphatic rings. The Bertz CT molecular complexity index is 244. The van der Waals surface area contributed by atoms with Crippen molar-refractivity contribution in [2.24, 2.45) is 0 Å². The van der Waals surface area contributed by atoms with E-state index >= 15 is 0 Å². The van der Waals surface area contributed by atoms with Crippen LogP contribution in [0.1, 0.15) is 65.2 Å². The second kappa shape index (κ2) is 15.3. The highest BCUT2D eigenvalue weighted by atomic mass is 16.7. The monoisotopic (exact) mass is 333 g/mol. The molecular weight excluding hydrogens is 294 g/mol. The van der Waals surface area contributed by atoms with Gasteiger partial charge in [0, 0.05) is 13.2 Å². The fourth-order valence-electron chi connectivity index (χ4n) is 2.24. The Balaban J connectivity index is 3.53. The van der Waals surface area contributed by atoms with Gasteiger partial charge in [-0.15, -0.1) is 0 Å². The number of likely N-dealkylation sites (N-methyl/N-ethyl adjacent to an activating group) is 1. The minimum absolute atomic E-state index is 0.313. The lowest BCUT2D eigenvalue weighted by Crippen LogP contribution is -2.36. The van der Waals surface area contributed by atoms with Crippen LogP contribution in [0.4, 0.5) is 0 Å². The molecule has 0 rings (SSSR count). The quantitative estimate of drug-likeness (QED) is 0.174. The molecule has 1 unspecified atom stereocenters. The number of hydroxylamine groups is 3. The van der Waals surface area contributed by atoms with Crippen LogP contribution >= 0.6 is 0 Å². The van der Waals surface area contributed by atoms with Crippen LogP contribution in [-0.2, 0) is 14.2 Å². The highest BCUT2D eigenvalue weighted by Crippen LogP contribution is 2.09. The highest BCUT2D eigenvalue weighted by molar-refractivity contribution is 4.48. The molecule has 0 aromatic rings. The maximum Gasteiger partial charge on any atom is 0.180 e. The summed E-state index contributed by atoms with van der Waals surface area (Å²) in [6.45, 7) is 6.78. The molecule has 0 saturated heterocycles. The van der Waals surface area contributed by atoms with Crippen molar-refractivity contribution in [3.63, 3.8) is 0 Å². The van der Waals surface area contributed by atoms with Gasteiger partial charge in [-0.25, -0.2) is 0 Å². The lowest BCUT2D eigenvalue weighted by molar-refractivity contribution is -0.840. The molecule has 1 atom stereocenters. The van der Waals surface area contributed by atoms with Crippen LogP contribution in [0, 0.1) is 5.21 Å². The first-order chi connectivity index (χ1) is 11.0. The zero-order chi connectivity index (χ0) is 17.4.